The third-order valence-electron chi connectivity index (χ3n) is 4.27. The number of aryl methyl sites for hydroxylation is 2. The molecule has 28 heavy (non-hydrogen) atoms. The van der Waals surface area contributed by atoms with Crippen LogP contribution in [0.1, 0.15) is 40.4 Å². The fourth-order valence-corrected chi connectivity index (χ4v) is 3.42. The third kappa shape index (κ3) is 5.07. The molecule has 0 saturated carbocycles. The minimum absolute atomic E-state index is 0.217. The Hall–Kier alpha value is -2.93. The van der Waals surface area contributed by atoms with Gasteiger partial charge >= 0.3 is 0 Å². The molecule has 2 aromatic carbocycles. The van der Waals surface area contributed by atoms with E-state index in [1.807, 2.05) is 74.0 Å². The van der Waals surface area contributed by atoms with E-state index in [-0.39, 0.29) is 5.91 Å². The van der Waals surface area contributed by atoms with E-state index < -0.39 is 0 Å². The van der Waals surface area contributed by atoms with Gasteiger partial charge in [0.25, 0.3) is 5.91 Å². The number of carbonyl (C=O) groups is 1. The Kier molecular flexibility index (Phi) is 6.60. The van der Waals surface area contributed by atoms with Crippen molar-refractivity contribution in [3.05, 3.63) is 77.1 Å². The number of nitrogens with one attached hydrogen (secondary N) is 1. The van der Waals surface area contributed by atoms with Gasteiger partial charge in [0.05, 0.1) is 5.71 Å². The van der Waals surface area contributed by atoms with Crippen LogP contribution in [0.3, 0.4) is 0 Å². The monoisotopic (exact) mass is 393 g/mol. The zero-order chi connectivity index (χ0) is 19.9. The number of nitrogens with zero attached hydrogens (tertiary/aromatic N) is 4. The van der Waals surface area contributed by atoms with Crippen molar-refractivity contribution in [2.45, 2.75) is 31.2 Å². The van der Waals surface area contributed by atoms with Crippen LogP contribution >= 0.6 is 11.8 Å². The van der Waals surface area contributed by atoms with Gasteiger partial charge in [-0.15, -0.1) is 10.2 Å². The highest BCUT2D eigenvalue weighted by atomic mass is 32.2. The second kappa shape index (κ2) is 9.32. The Bertz CT molecular complexity index is 961. The summed E-state index contributed by atoms with van der Waals surface area (Å²) < 4.78 is 1.88. The molecule has 0 aliphatic rings. The minimum atomic E-state index is -0.217. The van der Waals surface area contributed by atoms with Crippen molar-refractivity contribution in [3.63, 3.8) is 0 Å². The van der Waals surface area contributed by atoms with E-state index in [2.05, 4.69) is 20.7 Å². The molecule has 1 aromatic heterocycles. The maximum atomic E-state index is 12.4. The molecule has 1 amide bonds. The quantitative estimate of drug-likeness (QED) is 0.375. The average molecular weight is 394 g/mol. The van der Waals surface area contributed by atoms with Crippen LogP contribution in [0.25, 0.3) is 0 Å². The molecule has 144 valence electrons. The highest BCUT2D eigenvalue weighted by molar-refractivity contribution is 7.98. The van der Waals surface area contributed by atoms with Gasteiger partial charge in [-0.05, 0) is 36.6 Å². The van der Waals surface area contributed by atoms with Crippen LogP contribution in [0.15, 0.2) is 65.1 Å². The normalized spacial score (nSPS) is 11.5. The summed E-state index contributed by atoms with van der Waals surface area (Å²) >= 11 is 1.60. The highest BCUT2D eigenvalue weighted by Gasteiger charge is 2.07. The van der Waals surface area contributed by atoms with Gasteiger partial charge in [-0.3, -0.25) is 4.79 Å². The molecule has 3 rings (SSSR count). The summed E-state index contributed by atoms with van der Waals surface area (Å²) in [7, 11) is 1.91. The number of benzene rings is 2. The number of carbonyl (C=O) groups excluding carboxylic acids is 1. The number of hydrazone groups is 1. The molecule has 1 N–H and O–H groups in total. The van der Waals surface area contributed by atoms with Crippen LogP contribution in [-0.4, -0.2) is 26.4 Å². The van der Waals surface area contributed by atoms with Crippen LogP contribution in [0.2, 0.25) is 0 Å². The van der Waals surface area contributed by atoms with Gasteiger partial charge < -0.3 is 4.57 Å². The SMILES string of the molecule is CC/C(=N/NC(=O)c1ccc(CSc2nncn2C)cc1)c1ccc(C)cc1. The second-order valence-electron chi connectivity index (χ2n) is 6.43. The van der Waals surface area contributed by atoms with Gasteiger partial charge in [-0.2, -0.15) is 5.10 Å². The molecule has 0 spiro atoms. The van der Waals surface area contributed by atoms with Crippen molar-refractivity contribution < 1.29 is 4.79 Å². The molecule has 3 aromatic rings. The molecular formula is C21H23N5OS. The smallest absolute Gasteiger partial charge is 0.271 e. The van der Waals surface area contributed by atoms with Crippen molar-refractivity contribution >= 4 is 23.4 Å². The highest BCUT2D eigenvalue weighted by Crippen LogP contribution is 2.20. The number of hydrogen-bond acceptors (Lipinski definition) is 5. The summed E-state index contributed by atoms with van der Waals surface area (Å²) in [5.74, 6) is 0.547. The van der Waals surface area contributed by atoms with Crippen molar-refractivity contribution in [2.24, 2.45) is 12.1 Å². The standard InChI is InChI=1S/C21H23N5OS/c1-4-19(17-9-5-15(2)6-10-17)23-24-20(27)18-11-7-16(8-12-18)13-28-21-25-22-14-26(21)3/h5-12,14H,4,13H2,1-3H3,(H,24,27)/b23-19-. The van der Waals surface area contributed by atoms with Crippen LogP contribution < -0.4 is 5.43 Å². The van der Waals surface area contributed by atoms with Crippen molar-refractivity contribution in [2.75, 3.05) is 0 Å². The van der Waals surface area contributed by atoms with E-state index in [0.717, 1.165) is 34.2 Å². The summed E-state index contributed by atoms with van der Waals surface area (Å²) in [5, 5.41) is 13.1. The van der Waals surface area contributed by atoms with Gasteiger partial charge in [-0.1, -0.05) is 60.6 Å². The summed E-state index contributed by atoms with van der Waals surface area (Å²) in [4.78, 5) is 12.4. The first kappa shape index (κ1) is 19.8. The average Bonchev–Trinajstić information content (AvgIpc) is 3.13. The number of thioether (sulfide) groups is 1. The molecule has 0 fully saturated rings. The number of rotatable bonds is 7. The van der Waals surface area contributed by atoms with E-state index in [1.165, 1.54) is 5.56 Å². The van der Waals surface area contributed by atoms with Crippen molar-refractivity contribution in [1.82, 2.24) is 20.2 Å². The van der Waals surface area contributed by atoms with Gasteiger partial charge in [0.2, 0.25) is 0 Å². The topological polar surface area (TPSA) is 72.2 Å². The zero-order valence-electron chi connectivity index (χ0n) is 16.2. The fourth-order valence-electron chi connectivity index (χ4n) is 2.58. The molecule has 0 aliphatic carbocycles. The summed E-state index contributed by atoms with van der Waals surface area (Å²) in [6.07, 6.45) is 2.42. The molecule has 7 heteroatoms. The maximum absolute atomic E-state index is 12.4. The third-order valence-corrected chi connectivity index (χ3v) is 5.37. The first-order valence-electron chi connectivity index (χ1n) is 9.06. The second-order valence-corrected chi connectivity index (χ2v) is 7.37. The summed E-state index contributed by atoms with van der Waals surface area (Å²) in [6.45, 7) is 4.07. The Balaban J connectivity index is 1.60. The number of aromatic nitrogens is 3. The zero-order valence-corrected chi connectivity index (χ0v) is 17.0. The van der Waals surface area contributed by atoms with E-state index in [0.29, 0.717) is 5.56 Å². The molecule has 0 atom stereocenters. The van der Waals surface area contributed by atoms with Gasteiger partial charge in [0.15, 0.2) is 5.16 Å². The first-order chi connectivity index (χ1) is 13.6. The largest absolute Gasteiger partial charge is 0.312 e. The first-order valence-corrected chi connectivity index (χ1v) is 10.0. The molecule has 6 nitrogen and oxygen atoms in total. The Morgan fingerprint density at radius 2 is 1.79 bits per heavy atom. The van der Waals surface area contributed by atoms with E-state index in [1.54, 1.807) is 18.1 Å². The molecule has 0 bridgehead atoms. The lowest BCUT2D eigenvalue weighted by atomic mass is 10.1. The Morgan fingerprint density at radius 3 is 2.39 bits per heavy atom. The van der Waals surface area contributed by atoms with Gasteiger partial charge in [0, 0.05) is 18.4 Å². The van der Waals surface area contributed by atoms with Gasteiger partial charge in [0.1, 0.15) is 6.33 Å². The number of hydrogen-bond donors (Lipinski definition) is 1. The Labute approximate surface area is 169 Å². The van der Waals surface area contributed by atoms with Crippen molar-refractivity contribution in [3.8, 4) is 0 Å². The van der Waals surface area contributed by atoms with E-state index >= 15 is 0 Å². The number of amides is 1. The van der Waals surface area contributed by atoms with Crippen LogP contribution in [0, 0.1) is 6.92 Å². The van der Waals surface area contributed by atoms with Crippen molar-refractivity contribution in [1.29, 1.82) is 0 Å². The lowest BCUT2D eigenvalue weighted by Crippen LogP contribution is -2.20. The molecule has 0 unspecified atom stereocenters. The molecule has 1 heterocycles. The predicted molar refractivity (Wildman–Crippen MR) is 112 cm³/mol. The molecule has 0 radical (unpaired) electrons. The summed E-state index contributed by atoms with van der Waals surface area (Å²) in [6, 6.07) is 15.6. The predicted octanol–water partition coefficient (Wildman–Crippen LogP) is 3.96. The lowest BCUT2D eigenvalue weighted by molar-refractivity contribution is 0.0955. The van der Waals surface area contributed by atoms with E-state index in [9.17, 15) is 4.79 Å². The Morgan fingerprint density at radius 1 is 1.11 bits per heavy atom. The fraction of sp³-hybridized carbons (Fsp3) is 0.238. The van der Waals surface area contributed by atoms with Crippen LogP contribution in [0.5, 0.6) is 0 Å². The summed E-state index contributed by atoms with van der Waals surface area (Å²) in [5.41, 5.74) is 7.42. The molecular weight excluding hydrogens is 370 g/mol. The van der Waals surface area contributed by atoms with Crippen LogP contribution in [-0.2, 0) is 12.8 Å². The van der Waals surface area contributed by atoms with Gasteiger partial charge in [-0.25, -0.2) is 5.43 Å². The van der Waals surface area contributed by atoms with Crippen LogP contribution in [0.4, 0.5) is 0 Å². The molecule has 0 saturated heterocycles. The minimum Gasteiger partial charge on any atom is -0.312 e. The lowest BCUT2D eigenvalue weighted by Gasteiger charge is -2.07. The maximum Gasteiger partial charge on any atom is 0.271 e. The van der Waals surface area contributed by atoms with E-state index in [4.69, 9.17) is 0 Å². The molecule has 0 aliphatic heterocycles.